The lowest BCUT2D eigenvalue weighted by molar-refractivity contribution is 0.0710. The van der Waals surface area contributed by atoms with Crippen molar-refractivity contribution in [3.05, 3.63) is 0 Å². The molecule has 0 amide bonds. The molecule has 0 aromatic heterocycles. The van der Waals surface area contributed by atoms with Gasteiger partial charge in [0, 0.05) is 48.9 Å². The van der Waals surface area contributed by atoms with Gasteiger partial charge in [-0.2, -0.15) is 0 Å². The van der Waals surface area contributed by atoms with Crippen molar-refractivity contribution < 1.29 is 13.3 Å². The first-order valence-electron chi connectivity index (χ1n) is 5.36. The van der Waals surface area contributed by atoms with E-state index in [1.807, 2.05) is 20.8 Å². The minimum atomic E-state index is -2.40. The maximum Gasteiger partial charge on any atom is 0.500 e. The second-order valence-corrected chi connectivity index (χ2v) is 5.61. The quantitative estimate of drug-likeness (QED) is 0.616. The van der Waals surface area contributed by atoms with E-state index in [9.17, 15) is 0 Å². The van der Waals surface area contributed by atoms with Gasteiger partial charge in [0.2, 0.25) is 0 Å². The third-order valence-corrected chi connectivity index (χ3v) is 4.93. The van der Waals surface area contributed by atoms with Crippen molar-refractivity contribution in [3.63, 3.8) is 0 Å². The maximum absolute atomic E-state index is 5.65. The summed E-state index contributed by atoms with van der Waals surface area (Å²) in [6.45, 7) is 8.44. The molecule has 0 aliphatic rings. The number of hydrogen-bond acceptors (Lipinski definition) is 4. The van der Waals surface area contributed by atoms with Crippen LogP contribution in [-0.2, 0) is 13.3 Å². The van der Waals surface area contributed by atoms with Crippen molar-refractivity contribution in [1.82, 2.24) is 0 Å². The van der Waals surface area contributed by atoms with Gasteiger partial charge in [0.1, 0.15) is 0 Å². The van der Waals surface area contributed by atoms with E-state index in [2.05, 4.69) is 0 Å². The van der Waals surface area contributed by atoms with Gasteiger partial charge in [-0.3, -0.25) is 0 Å². The Bertz CT molecular complexity index is 124. The molecule has 0 aromatic carbocycles. The first-order chi connectivity index (χ1) is 6.74. The maximum atomic E-state index is 5.65. The molecular formula is C9H23MgNO3Si. The van der Waals surface area contributed by atoms with Gasteiger partial charge >= 0.3 is 8.80 Å². The van der Waals surface area contributed by atoms with Crippen molar-refractivity contribution in [2.24, 2.45) is 5.73 Å². The van der Waals surface area contributed by atoms with Crippen LogP contribution in [0.15, 0.2) is 0 Å². The zero-order chi connectivity index (χ0) is 10.9. The average Bonchev–Trinajstić information content (AvgIpc) is 2.16. The summed E-state index contributed by atoms with van der Waals surface area (Å²) in [5.74, 6) is 0. The van der Waals surface area contributed by atoms with Gasteiger partial charge in [-0.25, -0.2) is 0 Å². The summed E-state index contributed by atoms with van der Waals surface area (Å²) in [6.07, 6.45) is 0.895. The lowest BCUT2D eigenvalue weighted by atomic mass is 10.5. The largest absolute Gasteiger partial charge is 0.500 e. The molecule has 0 atom stereocenters. The molecule has 4 nitrogen and oxygen atoms in total. The first kappa shape index (κ1) is 18.2. The Morgan fingerprint density at radius 2 is 1.33 bits per heavy atom. The lowest BCUT2D eigenvalue weighted by Crippen LogP contribution is -2.46. The van der Waals surface area contributed by atoms with Gasteiger partial charge in [0.05, 0.1) is 0 Å². The van der Waals surface area contributed by atoms with Crippen LogP contribution >= 0.6 is 0 Å². The third kappa shape index (κ3) is 7.67. The fourth-order valence-corrected chi connectivity index (χ4v) is 3.96. The Balaban J connectivity index is 0. The molecule has 6 heteroatoms. The van der Waals surface area contributed by atoms with E-state index >= 15 is 0 Å². The SMILES string of the molecule is CCO[Si](CCCN)(OCC)OCC.[Mg]. The van der Waals surface area contributed by atoms with Crippen LogP contribution in [0, 0.1) is 0 Å². The van der Waals surface area contributed by atoms with Gasteiger partial charge < -0.3 is 19.0 Å². The Labute approximate surface area is 110 Å². The molecule has 88 valence electrons. The lowest BCUT2D eigenvalue weighted by Gasteiger charge is -2.28. The summed E-state index contributed by atoms with van der Waals surface area (Å²) in [6, 6.07) is 0.818. The Morgan fingerprint density at radius 1 is 0.933 bits per heavy atom. The fourth-order valence-electron chi connectivity index (χ4n) is 1.32. The van der Waals surface area contributed by atoms with Crippen molar-refractivity contribution in [3.8, 4) is 0 Å². The number of nitrogens with two attached hydrogens (primary N) is 1. The fraction of sp³-hybridized carbons (Fsp3) is 1.00. The van der Waals surface area contributed by atoms with E-state index in [0.29, 0.717) is 26.4 Å². The molecule has 0 saturated heterocycles. The van der Waals surface area contributed by atoms with Crippen LogP contribution in [0.4, 0.5) is 0 Å². The first-order valence-corrected chi connectivity index (χ1v) is 7.29. The van der Waals surface area contributed by atoms with E-state index in [1.165, 1.54) is 0 Å². The summed E-state index contributed by atoms with van der Waals surface area (Å²) in [5.41, 5.74) is 5.48. The van der Waals surface area contributed by atoms with Gasteiger partial charge in [-0.1, -0.05) is 0 Å². The zero-order valence-electron chi connectivity index (χ0n) is 10.3. The highest BCUT2D eigenvalue weighted by Crippen LogP contribution is 2.17. The molecule has 0 rings (SSSR count). The molecule has 0 bridgehead atoms. The van der Waals surface area contributed by atoms with Crippen molar-refractivity contribution in [2.75, 3.05) is 26.4 Å². The Hall–Kier alpha value is 0.823. The summed E-state index contributed by atoms with van der Waals surface area (Å²) in [7, 11) is -2.40. The van der Waals surface area contributed by atoms with Crippen molar-refractivity contribution in [1.29, 1.82) is 0 Å². The van der Waals surface area contributed by atoms with Crippen LogP contribution in [0.1, 0.15) is 27.2 Å². The summed E-state index contributed by atoms with van der Waals surface area (Å²) >= 11 is 0. The normalized spacial score (nSPS) is 11.2. The van der Waals surface area contributed by atoms with E-state index in [0.717, 1.165) is 12.5 Å². The van der Waals surface area contributed by atoms with Crippen LogP contribution in [0.25, 0.3) is 0 Å². The molecule has 0 aliphatic heterocycles. The predicted octanol–water partition coefficient (Wildman–Crippen LogP) is 1.00. The molecule has 0 heterocycles. The average molecular weight is 246 g/mol. The Kier molecular flexibility index (Phi) is 13.7. The monoisotopic (exact) mass is 245 g/mol. The highest BCUT2D eigenvalue weighted by atomic mass is 28.4. The topological polar surface area (TPSA) is 53.7 Å². The van der Waals surface area contributed by atoms with Gasteiger partial charge in [0.15, 0.2) is 0 Å². The molecule has 0 aromatic rings. The van der Waals surface area contributed by atoms with Gasteiger partial charge in [-0.15, -0.1) is 0 Å². The van der Waals surface area contributed by atoms with Crippen LogP contribution in [0.2, 0.25) is 6.04 Å². The molecule has 0 unspecified atom stereocenters. The standard InChI is InChI=1S/C9H23NO3Si.Mg/c1-4-11-14(12-5-2,13-6-3)9-7-8-10;/h4-10H2,1-3H3;. The summed E-state index contributed by atoms with van der Waals surface area (Å²) < 4.78 is 17.0. The van der Waals surface area contributed by atoms with E-state index < -0.39 is 8.80 Å². The third-order valence-electron chi connectivity index (χ3n) is 1.78. The highest BCUT2D eigenvalue weighted by molar-refractivity contribution is 6.60. The van der Waals surface area contributed by atoms with Gasteiger partial charge in [-0.05, 0) is 33.7 Å². The van der Waals surface area contributed by atoms with Crippen molar-refractivity contribution in [2.45, 2.75) is 33.2 Å². The summed E-state index contributed by atoms with van der Waals surface area (Å²) in [4.78, 5) is 0. The van der Waals surface area contributed by atoms with Crippen LogP contribution in [0.3, 0.4) is 0 Å². The van der Waals surface area contributed by atoms with Gasteiger partial charge in [0.25, 0.3) is 0 Å². The zero-order valence-corrected chi connectivity index (χ0v) is 12.7. The second-order valence-electron chi connectivity index (χ2n) is 2.87. The number of hydrogen-bond donors (Lipinski definition) is 1. The summed E-state index contributed by atoms with van der Waals surface area (Å²) in [5, 5.41) is 0. The highest BCUT2D eigenvalue weighted by Gasteiger charge is 2.39. The Morgan fingerprint density at radius 3 is 1.60 bits per heavy atom. The minimum Gasteiger partial charge on any atom is -0.374 e. The molecule has 0 aliphatic carbocycles. The predicted molar refractivity (Wildman–Crippen MR) is 64.9 cm³/mol. The van der Waals surface area contributed by atoms with E-state index in [-0.39, 0.29) is 23.1 Å². The molecule has 0 spiro atoms. The van der Waals surface area contributed by atoms with E-state index in [1.54, 1.807) is 0 Å². The molecule has 15 heavy (non-hydrogen) atoms. The number of rotatable bonds is 9. The van der Waals surface area contributed by atoms with Crippen molar-refractivity contribution >= 4 is 31.9 Å². The van der Waals surface area contributed by atoms with E-state index in [4.69, 9.17) is 19.0 Å². The molecule has 2 radical (unpaired) electrons. The van der Waals surface area contributed by atoms with Crippen LogP contribution in [0.5, 0.6) is 0 Å². The molecule has 0 fully saturated rings. The molecule has 2 N–H and O–H groups in total. The smallest absolute Gasteiger partial charge is 0.374 e. The molecular weight excluding hydrogens is 222 g/mol. The molecule has 0 saturated carbocycles. The van der Waals surface area contributed by atoms with Crippen LogP contribution in [-0.4, -0.2) is 58.2 Å². The van der Waals surface area contributed by atoms with Crippen LogP contribution < -0.4 is 5.73 Å². The minimum absolute atomic E-state index is 0. The second kappa shape index (κ2) is 11.3.